The molecule has 1 aromatic heterocycles. The number of carbonyl (C=O) groups excluding carboxylic acids is 1. The molecule has 1 saturated carbocycles. The Hall–Kier alpha value is -2.72. The normalized spacial score (nSPS) is 19.8. The predicted octanol–water partition coefficient (Wildman–Crippen LogP) is 3.19. The minimum atomic E-state index is -2.97. The first-order valence-corrected chi connectivity index (χ1v) is 10.8. The Morgan fingerprint density at radius 3 is 2.81 bits per heavy atom. The highest BCUT2D eigenvalue weighted by molar-refractivity contribution is 5.94. The summed E-state index contributed by atoms with van der Waals surface area (Å²) in [7, 11) is 0. The number of hydrogen-bond acceptors (Lipinski definition) is 7. The Bertz CT molecular complexity index is 961. The third kappa shape index (κ3) is 5.02. The standard InChI is InChI=1S/C22H28F2N4O4/c1-12-10-26-7-8-28(12)21(29)18-19(13(2)25)32-20(27-18)15-5-6-16(31-22(23)24)17(9-15)30-11-14-3-4-14/h5-6,9,12-14,22,26H,3-4,7-8,10-11,25H2,1-2H3/t12?,13-/m0/s1. The van der Waals surface area contributed by atoms with Crippen molar-refractivity contribution in [2.75, 3.05) is 26.2 Å². The van der Waals surface area contributed by atoms with E-state index in [4.69, 9.17) is 14.9 Å². The van der Waals surface area contributed by atoms with Gasteiger partial charge < -0.3 is 29.8 Å². The predicted molar refractivity (Wildman–Crippen MR) is 113 cm³/mol. The van der Waals surface area contributed by atoms with Crippen LogP contribution in [0.4, 0.5) is 8.78 Å². The third-order valence-corrected chi connectivity index (χ3v) is 5.61. The van der Waals surface area contributed by atoms with E-state index >= 15 is 0 Å². The number of carbonyl (C=O) groups is 1. The van der Waals surface area contributed by atoms with Crippen molar-refractivity contribution in [1.29, 1.82) is 0 Å². The lowest BCUT2D eigenvalue weighted by Gasteiger charge is -2.33. The number of ether oxygens (including phenoxy) is 2. The molecule has 2 heterocycles. The van der Waals surface area contributed by atoms with Gasteiger partial charge in [0.25, 0.3) is 5.91 Å². The summed E-state index contributed by atoms with van der Waals surface area (Å²) in [5, 5.41) is 3.25. The maximum Gasteiger partial charge on any atom is 0.387 e. The molecular formula is C22H28F2N4O4. The van der Waals surface area contributed by atoms with Gasteiger partial charge in [0, 0.05) is 31.2 Å². The number of alkyl halides is 2. The number of oxazole rings is 1. The lowest BCUT2D eigenvalue weighted by atomic mass is 10.1. The molecule has 2 aromatic rings. The highest BCUT2D eigenvalue weighted by atomic mass is 19.3. The topological polar surface area (TPSA) is 103 Å². The van der Waals surface area contributed by atoms with Crippen LogP contribution in [-0.2, 0) is 0 Å². The maximum absolute atomic E-state index is 13.2. The van der Waals surface area contributed by atoms with Crippen LogP contribution in [-0.4, -0.2) is 54.7 Å². The number of benzene rings is 1. The highest BCUT2D eigenvalue weighted by Gasteiger charge is 2.31. The fourth-order valence-corrected chi connectivity index (χ4v) is 3.64. The number of hydrogen-bond donors (Lipinski definition) is 2. The first-order chi connectivity index (χ1) is 15.3. The zero-order chi connectivity index (χ0) is 22.8. The SMILES string of the molecule is CC1CNCCN1C(=O)c1nc(-c2ccc(OC(F)F)c(OCC3CC3)c2)oc1[C@H](C)N. The molecule has 4 rings (SSSR count). The van der Waals surface area contributed by atoms with Crippen LogP contribution in [0.3, 0.4) is 0 Å². The van der Waals surface area contributed by atoms with E-state index in [9.17, 15) is 13.6 Å². The summed E-state index contributed by atoms with van der Waals surface area (Å²) >= 11 is 0. The highest BCUT2D eigenvalue weighted by Crippen LogP contribution is 2.37. The van der Waals surface area contributed by atoms with Crippen LogP contribution in [0.15, 0.2) is 22.6 Å². The molecular weight excluding hydrogens is 422 g/mol. The summed E-state index contributed by atoms with van der Waals surface area (Å²) in [5.41, 5.74) is 6.70. The lowest BCUT2D eigenvalue weighted by Crippen LogP contribution is -2.52. The fraction of sp³-hybridized carbons (Fsp3) is 0.545. The molecule has 0 bridgehead atoms. The average Bonchev–Trinajstić information content (AvgIpc) is 3.47. The van der Waals surface area contributed by atoms with E-state index in [0.717, 1.165) is 12.8 Å². The van der Waals surface area contributed by atoms with Crippen LogP contribution in [0.2, 0.25) is 0 Å². The summed E-state index contributed by atoms with van der Waals surface area (Å²) in [6.45, 7) is 3.07. The van der Waals surface area contributed by atoms with Crippen molar-refractivity contribution < 1.29 is 27.5 Å². The van der Waals surface area contributed by atoms with Crippen LogP contribution < -0.4 is 20.5 Å². The van der Waals surface area contributed by atoms with Gasteiger partial charge >= 0.3 is 6.61 Å². The third-order valence-electron chi connectivity index (χ3n) is 5.61. The molecule has 1 unspecified atom stereocenters. The Morgan fingerprint density at radius 1 is 1.38 bits per heavy atom. The Balaban J connectivity index is 1.65. The second-order valence-corrected chi connectivity index (χ2v) is 8.37. The number of rotatable bonds is 8. The van der Waals surface area contributed by atoms with Gasteiger partial charge in [-0.3, -0.25) is 4.79 Å². The van der Waals surface area contributed by atoms with Crippen molar-refractivity contribution in [3.63, 3.8) is 0 Å². The molecule has 1 amide bonds. The molecule has 2 atom stereocenters. The van der Waals surface area contributed by atoms with Gasteiger partial charge in [-0.2, -0.15) is 8.78 Å². The van der Waals surface area contributed by atoms with Crippen molar-refractivity contribution in [1.82, 2.24) is 15.2 Å². The van der Waals surface area contributed by atoms with Gasteiger partial charge in [-0.1, -0.05) is 0 Å². The summed E-state index contributed by atoms with van der Waals surface area (Å²) in [6, 6.07) is 3.92. The zero-order valence-corrected chi connectivity index (χ0v) is 18.1. The Labute approximate surface area is 185 Å². The van der Waals surface area contributed by atoms with E-state index in [2.05, 4.69) is 15.0 Å². The lowest BCUT2D eigenvalue weighted by molar-refractivity contribution is -0.0515. The fourth-order valence-electron chi connectivity index (χ4n) is 3.64. The molecule has 10 heteroatoms. The number of aromatic nitrogens is 1. The second-order valence-electron chi connectivity index (χ2n) is 8.37. The summed E-state index contributed by atoms with van der Waals surface area (Å²) in [4.78, 5) is 19.4. The van der Waals surface area contributed by atoms with Crippen LogP contribution in [0.25, 0.3) is 11.5 Å². The van der Waals surface area contributed by atoms with Crippen molar-refractivity contribution in [2.45, 2.75) is 45.4 Å². The van der Waals surface area contributed by atoms with Crippen molar-refractivity contribution in [2.24, 2.45) is 11.7 Å². The molecule has 0 spiro atoms. The van der Waals surface area contributed by atoms with E-state index in [1.165, 1.54) is 6.07 Å². The smallest absolute Gasteiger partial charge is 0.387 e. The van der Waals surface area contributed by atoms with Gasteiger partial charge in [0.1, 0.15) is 0 Å². The number of piperazine rings is 1. The molecule has 2 aliphatic rings. The second kappa shape index (κ2) is 9.41. The molecule has 8 nitrogen and oxygen atoms in total. The molecule has 3 N–H and O–H groups in total. The average molecular weight is 450 g/mol. The zero-order valence-electron chi connectivity index (χ0n) is 18.1. The minimum Gasteiger partial charge on any atom is -0.489 e. The van der Waals surface area contributed by atoms with E-state index in [1.54, 1.807) is 24.0 Å². The Kier molecular flexibility index (Phi) is 6.61. The quantitative estimate of drug-likeness (QED) is 0.637. The van der Waals surface area contributed by atoms with Gasteiger partial charge in [-0.15, -0.1) is 0 Å². The largest absolute Gasteiger partial charge is 0.489 e. The number of nitrogens with zero attached hydrogens (tertiary/aromatic N) is 2. The van der Waals surface area contributed by atoms with Crippen molar-refractivity contribution in [3.05, 3.63) is 29.7 Å². The molecule has 1 aliphatic carbocycles. The molecule has 0 radical (unpaired) electrons. The van der Waals surface area contributed by atoms with E-state index in [1.807, 2.05) is 6.92 Å². The first kappa shape index (κ1) is 22.5. The first-order valence-electron chi connectivity index (χ1n) is 10.8. The molecule has 1 aliphatic heterocycles. The van der Waals surface area contributed by atoms with Gasteiger partial charge in [0.15, 0.2) is 23.0 Å². The maximum atomic E-state index is 13.2. The minimum absolute atomic E-state index is 0.00513. The van der Waals surface area contributed by atoms with Crippen LogP contribution in [0.5, 0.6) is 11.5 Å². The van der Waals surface area contributed by atoms with Crippen molar-refractivity contribution in [3.8, 4) is 23.0 Å². The molecule has 174 valence electrons. The van der Waals surface area contributed by atoms with E-state index in [-0.39, 0.29) is 40.8 Å². The summed E-state index contributed by atoms with van der Waals surface area (Å²) < 4.78 is 41.8. The number of nitrogens with two attached hydrogens (primary N) is 1. The van der Waals surface area contributed by atoms with Crippen LogP contribution in [0.1, 0.15) is 49.0 Å². The number of amides is 1. The number of nitrogens with one attached hydrogen (secondary N) is 1. The van der Waals surface area contributed by atoms with Crippen LogP contribution >= 0.6 is 0 Å². The van der Waals surface area contributed by atoms with Crippen LogP contribution in [0, 0.1) is 5.92 Å². The van der Waals surface area contributed by atoms with E-state index < -0.39 is 12.7 Å². The van der Waals surface area contributed by atoms with Gasteiger partial charge in [-0.25, -0.2) is 4.98 Å². The monoisotopic (exact) mass is 450 g/mol. The van der Waals surface area contributed by atoms with E-state index in [0.29, 0.717) is 37.7 Å². The Morgan fingerprint density at radius 2 is 2.16 bits per heavy atom. The molecule has 1 saturated heterocycles. The summed E-state index contributed by atoms with van der Waals surface area (Å²) in [5.74, 6) is 0.749. The van der Waals surface area contributed by atoms with Gasteiger partial charge in [0.05, 0.1) is 12.6 Å². The molecule has 2 fully saturated rings. The molecule has 32 heavy (non-hydrogen) atoms. The summed E-state index contributed by atoms with van der Waals surface area (Å²) in [6.07, 6.45) is 2.11. The molecule has 1 aromatic carbocycles. The number of halogens is 2. The van der Waals surface area contributed by atoms with Gasteiger partial charge in [0.2, 0.25) is 5.89 Å². The van der Waals surface area contributed by atoms with Gasteiger partial charge in [-0.05, 0) is 50.8 Å². The van der Waals surface area contributed by atoms with Crippen molar-refractivity contribution >= 4 is 5.91 Å².